The second-order valence-corrected chi connectivity index (χ2v) is 9.71. The highest BCUT2D eigenvalue weighted by molar-refractivity contribution is 7.88. The van der Waals surface area contributed by atoms with Gasteiger partial charge in [0.05, 0.1) is 18.5 Å². The predicted molar refractivity (Wildman–Crippen MR) is 89.5 cm³/mol. The molecular weight excluding hydrogens is 316 g/mol. The number of amides is 1. The first-order valence-electron chi connectivity index (χ1n) is 8.42. The summed E-state index contributed by atoms with van der Waals surface area (Å²) in [6.45, 7) is 9.17. The van der Waals surface area contributed by atoms with Crippen molar-refractivity contribution in [2.45, 2.75) is 65.2 Å². The SMILES string of the molecule is CC(C)O[C@@H]1C[C@@H](NC(=O)C2CCN(S(C)(=O)=O)CC2)C1(C)C. The maximum absolute atomic E-state index is 12.5. The minimum Gasteiger partial charge on any atom is -0.375 e. The molecule has 0 aromatic heterocycles. The van der Waals surface area contributed by atoms with Crippen LogP contribution >= 0.6 is 0 Å². The summed E-state index contributed by atoms with van der Waals surface area (Å²) in [6.07, 6.45) is 3.63. The van der Waals surface area contributed by atoms with Crippen LogP contribution in [-0.4, -0.2) is 56.2 Å². The molecule has 0 radical (unpaired) electrons. The molecule has 6 nitrogen and oxygen atoms in total. The van der Waals surface area contributed by atoms with Gasteiger partial charge in [-0.2, -0.15) is 0 Å². The van der Waals surface area contributed by atoms with Gasteiger partial charge in [-0.05, 0) is 33.1 Å². The molecule has 0 aromatic carbocycles. The Balaban J connectivity index is 1.83. The molecule has 0 aromatic rings. The Morgan fingerprint density at radius 1 is 1.26 bits per heavy atom. The second kappa shape index (κ2) is 6.69. The van der Waals surface area contributed by atoms with E-state index in [0.29, 0.717) is 25.9 Å². The van der Waals surface area contributed by atoms with Gasteiger partial charge in [0.1, 0.15) is 0 Å². The molecule has 0 unspecified atom stereocenters. The quantitative estimate of drug-likeness (QED) is 0.816. The summed E-state index contributed by atoms with van der Waals surface area (Å²) in [5.74, 6) is -0.0342. The zero-order chi connectivity index (χ0) is 17.4. The van der Waals surface area contributed by atoms with Gasteiger partial charge in [0.15, 0.2) is 0 Å². The van der Waals surface area contributed by atoms with Gasteiger partial charge in [-0.15, -0.1) is 0 Å². The highest BCUT2D eigenvalue weighted by atomic mass is 32.2. The van der Waals surface area contributed by atoms with E-state index in [1.165, 1.54) is 10.6 Å². The zero-order valence-electron chi connectivity index (χ0n) is 14.8. The summed E-state index contributed by atoms with van der Waals surface area (Å²) in [5, 5.41) is 3.15. The van der Waals surface area contributed by atoms with E-state index in [-0.39, 0.29) is 35.5 Å². The summed E-state index contributed by atoms with van der Waals surface area (Å²) >= 11 is 0. The van der Waals surface area contributed by atoms with Crippen LogP contribution in [0.1, 0.15) is 47.0 Å². The van der Waals surface area contributed by atoms with Gasteiger partial charge in [0.25, 0.3) is 0 Å². The monoisotopic (exact) mass is 346 g/mol. The first-order chi connectivity index (χ1) is 10.5. The average Bonchev–Trinajstić information content (AvgIpc) is 2.45. The number of nitrogens with one attached hydrogen (secondary N) is 1. The highest BCUT2D eigenvalue weighted by Gasteiger charge is 2.50. The van der Waals surface area contributed by atoms with E-state index in [1.807, 2.05) is 13.8 Å². The largest absolute Gasteiger partial charge is 0.375 e. The molecule has 23 heavy (non-hydrogen) atoms. The molecule has 2 aliphatic rings. The Labute approximate surface area is 140 Å². The second-order valence-electron chi connectivity index (χ2n) is 7.73. The van der Waals surface area contributed by atoms with Gasteiger partial charge in [-0.25, -0.2) is 12.7 Å². The van der Waals surface area contributed by atoms with Crippen molar-refractivity contribution >= 4 is 15.9 Å². The molecule has 2 rings (SSSR count). The molecule has 1 aliphatic heterocycles. The number of hydrogen-bond acceptors (Lipinski definition) is 4. The van der Waals surface area contributed by atoms with E-state index in [9.17, 15) is 13.2 Å². The molecule has 1 N–H and O–H groups in total. The number of carbonyl (C=O) groups is 1. The third-order valence-electron chi connectivity index (χ3n) is 5.22. The minimum atomic E-state index is -3.14. The molecule has 1 saturated carbocycles. The van der Waals surface area contributed by atoms with Crippen LogP contribution in [0, 0.1) is 11.3 Å². The maximum atomic E-state index is 12.5. The topological polar surface area (TPSA) is 75.7 Å². The lowest BCUT2D eigenvalue weighted by molar-refractivity contribution is -0.150. The van der Waals surface area contributed by atoms with Crippen LogP contribution in [0.4, 0.5) is 0 Å². The first-order valence-corrected chi connectivity index (χ1v) is 10.3. The van der Waals surface area contributed by atoms with Crippen LogP contribution in [0.15, 0.2) is 0 Å². The summed E-state index contributed by atoms with van der Waals surface area (Å²) in [7, 11) is -3.14. The van der Waals surface area contributed by atoms with Crippen LogP contribution < -0.4 is 5.32 Å². The third kappa shape index (κ3) is 4.25. The molecule has 1 amide bonds. The Hall–Kier alpha value is -0.660. The van der Waals surface area contributed by atoms with Crippen LogP contribution in [0.2, 0.25) is 0 Å². The lowest BCUT2D eigenvalue weighted by Crippen LogP contribution is -2.63. The van der Waals surface area contributed by atoms with Crippen molar-refractivity contribution in [2.24, 2.45) is 11.3 Å². The van der Waals surface area contributed by atoms with E-state index in [1.54, 1.807) is 0 Å². The van der Waals surface area contributed by atoms with Crippen molar-refractivity contribution in [1.82, 2.24) is 9.62 Å². The van der Waals surface area contributed by atoms with Gasteiger partial charge in [-0.3, -0.25) is 4.79 Å². The summed E-state index contributed by atoms with van der Waals surface area (Å²) < 4.78 is 30.4. The normalized spacial score (nSPS) is 29.3. The summed E-state index contributed by atoms with van der Waals surface area (Å²) in [5.41, 5.74) is -0.0621. The van der Waals surface area contributed by atoms with Crippen LogP contribution in [0.3, 0.4) is 0 Å². The fraction of sp³-hybridized carbons (Fsp3) is 0.938. The van der Waals surface area contributed by atoms with Crippen molar-refractivity contribution < 1.29 is 17.9 Å². The summed E-state index contributed by atoms with van der Waals surface area (Å²) in [4.78, 5) is 12.5. The molecule has 2 atom stereocenters. The smallest absolute Gasteiger partial charge is 0.223 e. The van der Waals surface area contributed by atoms with Crippen molar-refractivity contribution in [3.63, 3.8) is 0 Å². The van der Waals surface area contributed by atoms with Crippen LogP contribution in [0.25, 0.3) is 0 Å². The summed E-state index contributed by atoms with van der Waals surface area (Å²) in [6, 6.07) is 0.131. The molecular formula is C16H30N2O4S. The number of ether oxygens (including phenoxy) is 1. The maximum Gasteiger partial charge on any atom is 0.223 e. The van der Waals surface area contributed by atoms with Crippen molar-refractivity contribution in [2.75, 3.05) is 19.3 Å². The number of rotatable bonds is 5. The van der Waals surface area contributed by atoms with E-state index >= 15 is 0 Å². The van der Waals surface area contributed by atoms with Gasteiger partial charge in [0, 0.05) is 30.5 Å². The van der Waals surface area contributed by atoms with E-state index in [2.05, 4.69) is 19.2 Å². The number of nitrogens with zero attached hydrogens (tertiary/aromatic N) is 1. The van der Waals surface area contributed by atoms with Crippen LogP contribution in [-0.2, 0) is 19.6 Å². The predicted octanol–water partition coefficient (Wildman–Crippen LogP) is 1.37. The van der Waals surface area contributed by atoms with E-state index < -0.39 is 10.0 Å². The number of carbonyl (C=O) groups excluding carboxylic acids is 1. The molecule has 0 spiro atoms. The van der Waals surface area contributed by atoms with Gasteiger partial charge in [-0.1, -0.05) is 13.8 Å². The van der Waals surface area contributed by atoms with Crippen molar-refractivity contribution in [1.29, 1.82) is 0 Å². The fourth-order valence-corrected chi connectivity index (χ4v) is 4.30. The average molecular weight is 346 g/mol. The molecule has 1 saturated heterocycles. The van der Waals surface area contributed by atoms with Crippen molar-refractivity contribution in [3.8, 4) is 0 Å². The third-order valence-corrected chi connectivity index (χ3v) is 6.53. The molecule has 0 bridgehead atoms. The fourth-order valence-electron chi connectivity index (χ4n) is 3.43. The van der Waals surface area contributed by atoms with Crippen LogP contribution in [0.5, 0.6) is 0 Å². The molecule has 1 heterocycles. The molecule has 134 valence electrons. The first kappa shape index (κ1) is 18.7. The lowest BCUT2D eigenvalue weighted by Gasteiger charge is -2.52. The molecule has 1 aliphatic carbocycles. The van der Waals surface area contributed by atoms with Crippen molar-refractivity contribution in [3.05, 3.63) is 0 Å². The van der Waals surface area contributed by atoms with Gasteiger partial charge < -0.3 is 10.1 Å². The Morgan fingerprint density at radius 2 is 1.83 bits per heavy atom. The molecule has 7 heteroatoms. The Morgan fingerprint density at radius 3 is 2.26 bits per heavy atom. The number of sulfonamides is 1. The Bertz CT molecular complexity index is 536. The Kier molecular flexibility index (Phi) is 5.43. The number of piperidine rings is 1. The standard InChI is InChI=1S/C16H30N2O4S/c1-11(2)22-14-10-13(16(14,3)4)17-15(19)12-6-8-18(9-7-12)23(5,20)21/h11-14H,6-10H2,1-5H3,(H,17,19)/t13-,14-/m1/s1. The molecule has 2 fully saturated rings. The minimum absolute atomic E-state index is 0.0548. The van der Waals surface area contributed by atoms with Gasteiger partial charge in [0.2, 0.25) is 15.9 Å². The lowest BCUT2D eigenvalue weighted by atomic mass is 9.64. The van der Waals surface area contributed by atoms with E-state index in [4.69, 9.17) is 4.74 Å². The van der Waals surface area contributed by atoms with E-state index in [0.717, 1.165) is 6.42 Å². The highest BCUT2D eigenvalue weighted by Crippen LogP contribution is 2.43. The number of hydrogen-bond donors (Lipinski definition) is 1. The van der Waals surface area contributed by atoms with Gasteiger partial charge >= 0.3 is 0 Å². The zero-order valence-corrected chi connectivity index (χ0v) is 15.6.